The van der Waals surface area contributed by atoms with Crippen LogP contribution in [0.5, 0.6) is 5.75 Å². The number of rotatable bonds is 3. The van der Waals surface area contributed by atoms with Crippen LogP contribution >= 0.6 is 0 Å². The van der Waals surface area contributed by atoms with Crippen LogP contribution in [0.15, 0.2) is 42.5 Å². The number of hydrogen-bond donors (Lipinski definition) is 0. The van der Waals surface area contributed by atoms with Gasteiger partial charge in [-0.15, -0.1) is 0 Å². The topological polar surface area (TPSA) is 37.1 Å². The van der Waals surface area contributed by atoms with Crippen molar-refractivity contribution in [1.29, 1.82) is 0 Å². The van der Waals surface area contributed by atoms with Crippen LogP contribution in [-0.2, 0) is 13.0 Å². The van der Waals surface area contributed by atoms with E-state index in [1.807, 2.05) is 11.0 Å². The Bertz CT molecular complexity index is 1080. The van der Waals surface area contributed by atoms with Crippen LogP contribution in [0.1, 0.15) is 61.0 Å². The van der Waals surface area contributed by atoms with Crippen LogP contribution in [0.4, 0.5) is 5.69 Å². The number of para-hydroxylation sites is 1. The Morgan fingerprint density at radius 2 is 1.73 bits per heavy atom. The zero-order valence-corrected chi connectivity index (χ0v) is 19.8. The molecule has 172 valence electrons. The van der Waals surface area contributed by atoms with Gasteiger partial charge in [-0.25, -0.2) is 4.85 Å². The van der Waals surface area contributed by atoms with Crippen molar-refractivity contribution < 1.29 is 9.53 Å². The first-order valence-electron chi connectivity index (χ1n) is 12.2. The summed E-state index contributed by atoms with van der Waals surface area (Å²) in [7, 11) is 0. The maximum atomic E-state index is 12.9. The third-order valence-corrected chi connectivity index (χ3v) is 7.82. The standard InChI is InChI=1S/C28H33N3O2/c1-27(2)19-22-7-4-8-23(25(22)33-27)20-30-14-10-28(11-15-30)12-16-31(17-13-28)26(32)21-6-5-9-24(18-21)29-3/h4-9,18H,10-17,19-20H2,1-2H3. The Labute approximate surface area is 197 Å². The summed E-state index contributed by atoms with van der Waals surface area (Å²) in [6.45, 7) is 16.3. The van der Waals surface area contributed by atoms with Crippen LogP contribution in [-0.4, -0.2) is 47.5 Å². The molecule has 5 heteroatoms. The molecule has 0 bridgehead atoms. The average Bonchev–Trinajstić information content (AvgIpc) is 3.16. The van der Waals surface area contributed by atoms with Crippen molar-refractivity contribution in [3.05, 3.63) is 70.6 Å². The number of amides is 1. The second-order valence-corrected chi connectivity index (χ2v) is 10.7. The largest absolute Gasteiger partial charge is 0.487 e. The van der Waals surface area contributed by atoms with Crippen LogP contribution in [0.2, 0.25) is 0 Å². The molecule has 0 aliphatic carbocycles. The SMILES string of the molecule is [C-]#[N+]c1cccc(C(=O)N2CCC3(CCN(Cc4cccc5c4OC(C)(C)C5)CC3)CC2)c1. The van der Waals surface area contributed by atoms with E-state index in [-0.39, 0.29) is 11.5 Å². The number of benzene rings is 2. The van der Waals surface area contributed by atoms with Gasteiger partial charge in [-0.2, -0.15) is 0 Å². The minimum absolute atomic E-state index is 0.0636. The molecule has 2 saturated heterocycles. The molecule has 0 saturated carbocycles. The number of likely N-dealkylation sites (tertiary alicyclic amines) is 2. The molecule has 33 heavy (non-hydrogen) atoms. The Kier molecular flexibility index (Phi) is 5.66. The summed E-state index contributed by atoms with van der Waals surface area (Å²) in [5.41, 5.74) is 4.08. The Morgan fingerprint density at radius 3 is 2.45 bits per heavy atom. The smallest absolute Gasteiger partial charge is 0.252 e. The Hall–Kier alpha value is -2.84. The molecule has 5 nitrogen and oxygen atoms in total. The van der Waals surface area contributed by atoms with E-state index >= 15 is 0 Å². The molecule has 2 aromatic carbocycles. The summed E-state index contributed by atoms with van der Waals surface area (Å²) >= 11 is 0. The molecule has 0 radical (unpaired) electrons. The van der Waals surface area contributed by atoms with Gasteiger partial charge in [0.25, 0.3) is 5.91 Å². The van der Waals surface area contributed by atoms with Gasteiger partial charge in [0.05, 0.1) is 6.57 Å². The van der Waals surface area contributed by atoms with Crippen LogP contribution in [0.25, 0.3) is 4.85 Å². The average molecular weight is 444 g/mol. The lowest BCUT2D eigenvalue weighted by Crippen LogP contribution is -2.48. The fourth-order valence-electron chi connectivity index (χ4n) is 5.81. The molecular formula is C28H33N3O2. The van der Waals surface area contributed by atoms with E-state index in [1.165, 1.54) is 24.0 Å². The molecule has 2 fully saturated rings. The third kappa shape index (κ3) is 4.50. The third-order valence-electron chi connectivity index (χ3n) is 7.82. The van der Waals surface area contributed by atoms with Gasteiger partial charge in [-0.1, -0.05) is 36.4 Å². The molecule has 1 amide bonds. The van der Waals surface area contributed by atoms with Crippen LogP contribution in [0, 0.1) is 12.0 Å². The molecule has 3 aliphatic rings. The van der Waals surface area contributed by atoms with E-state index < -0.39 is 0 Å². The van der Waals surface area contributed by atoms with E-state index in [0.717, 1.165) is 57.7 Å². The molecule has 3 heterocycles. The number of fused-ring (bicyclic) bond motifs is 1. The van der Waals surface area contributed by atoms with Crippen molar-refractivity contribution in [3.63, 3.8) is 0 Å². The molecule has 0 N–H and O–H groups in total. The Morgan fingerprint density at radius 1 is 1.03 bits per heavy atom. The zero-order chi connectivity index (χ0) is 23.1. The minimum Gasteiger partial charge on any atom is -0.487 e. The first-order valence-corrected chi connectivity index (χ1v) is 12.2. The first-order chi connectivity index (χ1) is 15.9. The number of hydrogen-bond acceptors (Lipinski definition) is 3. The predicted octanol–water partition coefficient (Wildman–Crippen LogP) is 5.47. The summed E-state index contributed by atoms with van der Waals surface area (Å²) < 4.78 is 6.28. The lowest BCUT2D eigenvalue weighted by molar-refractivity contribution is 0.0282. The van der Waals surface area contributed by atoms with Gasteiger partial charge in [-0.3, -0.25) is 9.69 Å². The van der Waals surface area contributed by atoms with Crippen molar-refractivity contribution in [2.45, 2.75) is 58.1 Å². The van der Waals surface area contributed by atoms with Crippen molar-refractivity contribution in [3.8, 4) is 5.75 Å². The first kappa shape index (κ1) is 22.0. The molecule has 0 atom stereocenters. The van der Waals surface area contributed by atoms with E-state index in [1.54, 1.807) is 18.2 Å². The lowest BCUT2D eigenvalue weighted by atomic mass is 9.71. The van der Waals surface area contributed by atoms with Gasteiger partial charge in [-0.05, 0) is 69.7 Å². The summed E-state index contributed by atoms with van der Waals surface area (Å²) in [5, 5.41) is 0. The molecular weight excluding hydrogens is 410 g/mol. The van der Waals surface area contributed by atoms with Gasteiger partial charge >= 0.3 is 0 Å². The lowest BCUT2D eigenvalue weighted by Gasteiger charge is -2.47. The van der Waals surface area contributed by atoms with Crippen molar-refractivity contribution >= 4 is 11.6 Å². The normalized spacial score (nSPS) is 21.3. The quantitative estimate of drug-likeness (QED) is 0.591. The second-order valence-electron chi connectivity index (χ2n) is 10.7. The van der Waals surface area contributed by atoms with Crippen molar-refractivity contribution in [2.75, 3.05) is 26.2 Å². The highest BCUT2D eigenvalue weighted by Gasteiger charge is 2.39. The number of ether oxygens (including phenoxy) is 1. The van der Waals surface area contributed by atoms with Crippen molar-refractivity contribution in [2.24, 2.45) is 5.41 Å². The number of carbonyl (C=O) groups excluding carboxylic acids is 1. The van der Waals surface area contributed by atoms with E-state index in [2.05, 4.69) is 41.8 Å². The highest BCUT2D eigenvalue weighted by atomic mass is 16.5. The fraction of sp³-hybridized carbons (Fsp3) is 0.500. The van der Waals surface area contributed by atoms with E-state index in [0.29, 0.717) is 16.7 Å². The number of carbonyl (C=O) groups is 1. The maximum absolute atomic E-state index is 12.9. The minimum atomic E-state index is -0.104. The summed E-state index contributed by atoms with van der Waals surface area (Å²) in [6, 6.07) is 13.7. The predicted molar refractivity (Wildman–Crippen MR) is 130 cm³/mol. The van der Waals surface area contributed by atoms with E-state index in [9.17, 15) is 4.79 Å². The van der Waals surface area contributed by atoms with E-state index in [4.69, 9.17) is 11.3 Å². The molecule has 3 aliphatic heterocycles. The molecule has 5 rings (SSSR count). The molecule has 2 aromatic rings. The van der Waals surface area contributed by atoms with Gasteiger partial charge in [0.2, 0.25) is 0 Å². The summed E-state index contributed by atoms with van der Waals surface area (Å²) in [5.74, 6) is 1.17. The van der Waals surface area contributed by atoms with Gasteiger partial charge in [0, 0.05) is 37.2 Å². The second kappa shape index (κ2) is 8.50. The van der Waals surface area contributed by atoms with Gasteiger partial charge in [0.1, 0.15) is 11.4 Å². The summed E-state index contributed by atoms with van der Waals surface area (Å²) in [6.07, 6.45) is 5.53. The summed E-state index contributed by atoms with van der Waals surface area (Å²) in [4.78, 5) is 20.9. The monoisotopic (exact) mass is 443 g/mol. The molecule has 0 aromatic heterocycles. The molecule has 1 spiro atoms. The van der Waals surface area contributed by atoms with Gasteiger partial charge in [0.15, 0.2) is 5.69 Å². The Balaban J connectivity index is 1.16. The van der Waals surface area contributed by atoms with Crippen molar-refractivity contribution in [1.82, 2.24) is 9.80 Å². The van der Waals surface area contributed by atoms with Crippen LogP contribution < -0.4 is 4.74 Å². The highest BCUT2D eigenvalue weighted by Crippen LogP contribution is 2.43. The number of nitrogens with zero attached hydrogens (tertiary/aromatic N) is 3. The van der Waals surface area contributed by atoms with Gasteiger partial charge < -0.3 is 9.64 Å². The maximum Gasteiger partial charge on any atom is 0.252 e. The van der Waals surface area contributed by atoms with Crippen LogP contribution in [0.3, 0.4) is 0 Å². The zero-order valence-electron chi connectivity index (χ0n) is 19.8. The number of piperidine rings is 2. The fourth-order valence-corrected chi connectivity index (χ4v) is 5.81. The molecule has 0 unspecified atom stereocenters. The highest BCUT2D eigenvalue weighted by molar-refractivity contribution is 5.95.